The molecule has 0 heterocycles. The molecule has 0 aliphatic heterocycles. The van der Waals surface area contributed by atoms with Gasteiger partial charge in [0.05, 0.1) is 6.10 Å². The van der Waals surface area contributed by atoms with Gasteiger partial charge in [-0.1, -0.05) is 64.1 Å². The normalized spacial score (nSPS) is 14.2. The maximum absolute atomic E-state index is 6.39. The lowest BCUT2D eigenvalue weighted by atomic mass is 9.89. The van der Waals surface area contributed by atoms with Crippen molar-refractivity contribution in [3.63, 3.8) is 0 Å². The van der Waals surface area contributed by atoms with Gasteiger partial charge in [-0.3, -0.25) is 0 Å². The average Bonchev–Trinajstić information content (AvgIpc) is 2.62. The van der Waals surface area contributed by atoms with Crippen LogP contribution in [0.3, 0.4) is 0 Å². The van der Waals surface area contributed by atoms with E-state index in [0.29, 0.717) is 11.8 Å². The molecule has 0 saturated carbocycles. The predicted molar refractivity (Wildman–Crippen MR) is 127 cm³/mol. The van der Waals surface area contributed by atoms with Crippen LogP contribution in [0, 0.1) is 11.8 Å². The first-order valence-electron chi connectivity index (χ1n) is 11.3. The maximum atomic E-state index is 6.39. The minimum absolute atomic E-state index is 0.119. The molecule has 0 bridgehead atoms. The van der Waals surface area contributed by atoms with E-state index in [2.05, 4.69) is 65.0 Å². The number of hydrogen-bond acceptors (Lipinski definition) is 3. The van der Waals surface area contributed by atoms with Crippen molar-refractivity contribution in [1.29, 1.82) is 0 Å². The first kappa shape index (κ1) is 24.4. The SMILES string of the molecule is CC(C)Cc1cccc(OC(C)OC(C)c2ccccc2C(C)(C)N)c1CC(C)C. The fourth-order valence-corrected chi connectivity index (χ4v) is 4.00. The molecule has 2 rings (SSSR count). The second kappa shape index (κ2) is 10.5. The molecule has 2 aromatic rings. The zero-order chi connectivity index (χ0) is 22.5. The molecule has 0 aliphatic rings. The van der Waals surface area contributed by atoms with Crippen molar-refractivity contribution in [1.82, 2.24) is 0 Å². The molecule has 0 aromatic heterocycles. The average molecular weight is 412 g/mol. The Balaban J connectivity index is 2.21. The topological polar surface area (TPSA) is 44.5 Å². The summed E-state index contributed by atoms with van der Waals surface area (Å²) in [4.78, 5) is 0. The molecule has 0 radical (unpaired) electrons. The zero-order valence-electron chi connectivity index (χ0n) is 20.2. The minimum atomic E-state index is -0.423. The van der Waals surface area contributed by atoms with Gasteiger partial charge in [0, 0.05) is 5.54 Å². The van der Waals surface area contributed by atoms with Crippen LogP contribution in [0.5, 0.6) is 5.75 Å². The summed E-state index contributed by atoms with van der Waals surface area (Å²) in [6, 6.07) is 14.6. The number of rotatable bonds is 10. The van der Waals surface area contributed by atoms with Gasteiger partial charge in [-0.05, 0) is 80.7 Å². The summed E-state index contributed by atoms with van der Waals surface area (Å²) in [7, 11) is 0. The van der Waals surface area contributed by atoms with Crippen molar-refractivity contribution in [3.8, 4) is 5.75 Å². The van der Waals surface area contributed by atoms with Gasteiger partial charge >= 0.3 is 0 Å². The second-order valence-corrected chi connectivity index (χ2v) is 9.86. The smallest absolute Gasteiger partial charge is 0.197 e. The quantitative estimate of drug-likeness (QED) is 0.438. The standard InChI is InChI=1S/C27H41NO2/c1-18(2)16-22-12-11-15-26(24(22)17-19(3)4)30-21(6)29-20(5)23-13-9-10-14-25(23)27(7,8)28/h9-15,18-21H,16-17,28H2,1-8H3. The lowest BCUT2D eigenvalue weighted by Crippen LogP contribution is -2.31. The molecule has 0 fully saturated rings. The Labute approximate surface area is 184 Å². The first-order valence-corrected chi connectivity index (χ1v) is 11.3. The van der Waals surface area contributed by atoms with E-state index in [9.17, 15) is 0 Å². The van der Waals surface area contributed by atoms with Crippen molar-refractivity contribution in [2.45, 2.75) is 86.2 Å². The molecular weight excluding hydrogens is 370 g/mol. The van der Waals surface area contributed by atoms with Gasteiger partial charge in [0.1, 0.15) is 5.75 Å². The molecule has 0 saturated heterocycles. The van der Waals surface area contributed by atoms with E-state index in [0.717, 1.165) is 29.7 Å². The van der Waals surface area contributed by atoms with E-state index < -0.39 is 5.54 Å². The Bertz CT molecular complexity index is 805. The van der Waals surface area contributed by atoms with E-state index in [4.69, 9.17) is 15.2 Å². The zero-order valence-corrected chi connectivity index (χ0v) is 20.2. The van der Waals surface area contributed by atoms with Crippen LogP contribution in [0.2, 0.25) is 0 Å². The van der Waals surface area contributed by atoms with Crippen LogP contribution in [-0.2, 0) is 23.1 Å². The van der Waals surface area contributed by atoms with Crippen LogP contribution in [0.25, 0.3) is 0 Å². The molecule has 3 nitrogen and oxygen atoms in total. The van der Waals surface area contributed by atoms with Gasteiger partial charge in [-0.15, -0.1) is 0 Å². The van der Waals surface area contributed by atoms with E-state index in [1.54, 1.807) is 0 Å². The molecular formula is C27H41NO2. The lowest BCUT2D eigenvalue weighted by molar-refractivity contribution is -0.104. The number of nitrogens with two attached hydrogens (primary N) is 1. The molecule has 3 heteroatoms. The molecule has 30 heavy (non-hydrogen) atoms. The highest BCUT2D eigenvalue weighted by Crippen LogP contribution is 2.31. The lowest BCUT2D eigenvalue weighted by Gasteiger charge is -2.28. The van der Waals surface area contributed by atoms with Crippen LogP contribution < -0.4 is 10.5 Å². The van der Waals surface area contributed by atoms with E-state index in [1.165, 1.54) is 11.1 Å². The van der Waals surface area contributed by atoms with E-state index in [-0.39, 0.29) is 12.4 Å². The third-order valence-electron chi connectivity index (χ3n) is 5.25. The fourth-order valence-electron chi connectivity index (χ4n) is 4.00. The van der Waals surface area contributed by atoms with Gasteiger partial charge in [0.25, 0.3) is 0 Å². The molecule has 0 amide bonds. The summed E-state index contributed by atoms with van der Waals surface area (Å²) < 4.78 is 12.6. The van der Waals surface area contributed by atoms with Gasteiger partial charge in [-0.25, -0.2) is 0 Å². The highest BCUT2D eigenvalue weighted by atomic mass is 16.7. The molecule has 2 aromatic carbocycles. The van der Waals surface area contributed by atoms with Crippen LogP contribution in [0.4, 0.5) is 0 Å². The number of benzene rings is 2. The summed E-state index contributed by atoms with van der Waals surface area (Å²) in [5.74, 6) is 2.11. The fraction of sp³-hybridized carbons (Fsp3) is 0.556. The summed E-state index contributed by atoms with van der Waals surface area (Å²) >= 11 is 0. The van der Waals surface area contributed by atoms with Gasteiger partial charge in [-0.2, -0.15) is 0 Å². The molecule has 2 atom stereocenters. The van der Waals surface area contributed by atoms with Crippen molar-refractivity contribution in [2.24, 2.45) is 17.6 Å². The van der Waals surface area contributed by atoms with Crippen molar-refractivity contribution < 1.29 is 9.47 Å². The van der Waals surface area contributed by atoms with Gasteiger partial charge in [0.15, 0.2) is 6.29 Å². The molecule has 0 aliphatic carbocycles. The highest BCUT2D eigenvalue weighted by molar-refractivity contribution is 5.41. The maximum Gasteiger partial charge on any atom is 0.197 e. The predicted octanol–water partition coefficient (Wildman–Crippen LogP) is 6.78. The largest absolute Gasteiger partial charge is 0.465 e. The molecule has 0 spiro atoms. The summed E-state index contributed by atoms with van der Waals surface area (Å²) in [6.45, 7) is 17.1. The van der Waals surface area contributed by atoms with Crippen LogP contribution in [0.1, 0.15) is 83.7 Å². The number of hydrogen-bond donors (Lipinski definition) is 1. The monoisotopic (exact) mass is 411 g/mol. The summed E-state index contributed by atoms with van der Waals surface area (Å²) in [5, 5.41) is 0. The van der Waals surface area contributed by atoms with Crippen molar-refractivity contribution in [2.75, 3.05) is 0 Å². The van der Waals surface area contributed by atoms with E-state index >= 15 is 0 Å². The van der Waals surface area contributed by atoms with Crippen molar-refractivity contribution in [3.05, 3.63) is 64.7 Å². The van der Waals surface area contributed by atoms with Crippen LogP contribution >= 0.6 is 0 Å². The molecule has 166 valence electrons. The Morgan fingerprint density at radius 2 is 1.47 bits per heavy atom. The Morgan fingerprint density at radius 3 is 2.07 bits per heavy atom. The third kappa shape index (κ3) is 6.85. The minimum Gasteiger partial charge on any atom is -0.465 e. The summed E-state index contributed by atoms with van der Waals surface area (Å²) in [5.41, 5.74) is 10.9. The van der Waals surface area contributed by atoms with Gasteiger partial charge < -0.3 is 15.2 Å². The van der Waals surface area contributed by atoms with Crippen LogP contribution in [0.15, 0.2) is 42.5 Å². The first-order chi connectivity index (χ1) is 14.0. The molecule has 2 N–H and O–H groups in total. The highest BCUT2D eigenvalue weighted by Gasteiger charge is 2.23. The van der Waals surface area contributed by atoms with Gasteiger partial charge in [0.2, 0.25) is 0 Å². The Morgan fingerprint density at radius 1 is 0.833 bits per heavy atom. The van der Waals surface area contributed by atoms with Crippen LogP contribution in [-0.4, -0.2) is 6.29 Å². The number of ether oxygens (including phenoxy) is 2. The Kier molecular flexibility index (Phi) is 8.52. The molecule has 2 unspecified atom stereocenters. The third-order valence-corrected chi connectivity index (χ3v) is 5.25. The Hall–Kier alpha value is -1.84. The van der Waals surface area contributed by atoms with E-state index in [1.807, 2.05) is 32.9 Å². The second-order valence-electron chi connectivity index (χ2n) is 9.86. The summed E-state index contributed by atoms with van der Waals surface area (Å²) in [6.07, 6.45) is 1.58. The van der Waals surface area contributed by atoms with Crippen molar-refractivity contribution >= 4 is 0 Å².